The molecule has 2 aromatic carbocycles. The van der Waals surface area contributed by atoms with E-state index in [2.05, 4.69) is 10.3 Å². The van der Waals surface area contributed by atoms with Gasteiger partial charge in [-0.1, -0.05) is 30.3 Å². The van der Waals surface area contributed by atoms with Gasteiger partial charge in [0.15, 0.2) is 11.5 Å². The fraction of sp³-hybridized carbons (Fsp3) is 0.240. The number of nitrogens with one attached hydrogen (secondary N) is 1. The van der Waals surface area contributed by atoms with Crippen LogP contribution in [0.4, 0.5) is 5.69 Å². The van der Waals surface area contributed by atoms with Gasteiger partial charge in [-0.25, -0.2) is 4.98 Å². The van der Waals surface area contributed by atoms with Crippen LogP contribution in [-0.4, -0.2) is 28.7 Å². The third-order valence-corrected chi connectivity index (χ3v) is 6.32. The first-order chi connectivity index (χ1) is 16.0. The van der Waals surface area contributed by atoms with E-state index < -0.39 is 0 Å². The third-order valence-electron chi connectivity index (χ3n) is 5.12. The summed E-state index contributed by atoms with van der Waals surface area (Å²) in [5.74, 6) is 0.894. The molecule has 7 nitrogen and oxygen atoms in total. The molecule has 4 rings (SSSR count). The van der Waals surface area contributed by atoms with E-state index in [1.54, 1.807) is 29.7 Å². The average Bonchev–Trinajstić information content (AvgIpc) is 3.15. The van der Waals surface area contributed by atoms with Crippen molar-refractivity contribution >= 4 is 33.1 Å². The molecule has 2 aromatic heterocycles. The minimum Gasteiger partial charge on any atom is -0.490 e. The highest BCUT2D eigenvalue weighted by Crippen LogP contribution is 2.32. The van der Waals surface area contributed by atoms with Crippen LogP contribution in [0.15, 0.2) is 59.7 Å². The van der Waals surface area contributed by atoms with Crippen LogP contribution in [0, 0.1) is 6.92 Å². The number of amides is 1. The molecule has 0 aliphatic rings. The molecule has 0 unspecified atom stereocenters. The number of aryl methyl sites for hydroxylation is 1. The maximum absolute atomic E-state index is 13.1. The van der Waals surface area contributed by atoms with Gasteiger partial charge >= 0.3 is 0 Å². The number of anilines is 1. The van der Waals surface area contributed by atoms with E-state index in [0.29, 0.717) is 57.6 Å². The molecule has 0 saturated heterocycles. The van der Waals surface area contributed by atoms with Gasteiger partial charge in [-0.2, -0.15) is 0 Å². The Morgan fingerprint density at radius 2 is 1.79 bits per heavy atom. The molecule has 0 fully saturated rings. The van der Waals surface area contributed by atoms with Gasteiger partial charge in [-0.05, 0) is 44.0 Å². The number of hydrogen-bond acceptors (Lipinski definition) is 6. The molecule has 0 radical (unpaired) electrons. The molecule has 1 amide bonds. The quantitative estimate of drug-likeness (QED) is 0.403. The number of ether oxygens (including phenoxy) is 2. The van der Waals surface area contributed by atoms with Gasteiger partial charge in [-0.15, -0.1) is 11.3 Å². The summed E-state index contributed by atoms with van der Waals surface area (Å²) in [6, 6.07) is 15.0. The van der Waals surface area contributed by atoms with E-state index in [4.69, 9.17) is 9.47 Å². The zero-order chi connectivity index (χ0) is 23.4. The smallest absolute Gasteiger partial charge is 0.266 e. The summed E-state index contributed by atoms with van der Waals surface area (Å²) in [5.41, 5.74) is 2.06. The van der Waals surface area contributed by atoms with E-state index in [0.717, 1.165) is 5.56 Å². The van der Waals surface area contributed by atoms with Crippen molar-refractivity contribution in [3.8, 4) is 11.5 Å². The van der Waals surface area contributed by atoms with E-state index in [1.807, 2.05) is 44.2 Å². The minimum absolute atomic E-state index is 0.156. The zero-order valence-corrected chi connectivity index (χ0v) is 19.6. The number of benzene rings is 2. The molecular weight excluding hydrogens is 438 g/mol. The monoisotopic (exact) mass is 463 g/mol. The third kappa shape index (κ3) is 4.75. The van der Waals surface area contributed by atoms with Crippen LogP contribution in [0.5, 0.6) is 11.5 Å². The van der Waals surface area contributed by atoms with Crippen LogP contribution in [0.25, 0.3) is 10.2 Å². The predicted molar refractivity (Wildman–Crippen MR) is 131 cm³/mol. The lowest BCUT2D eigenvalue weighted by atomic mass is 10.2. The van der Waals surface area contributed by atoms with Gasteiger partial charge in [0.05, 0.1) is 36.3 Å². The second-order valence-corrected chi connectivity index (χ2v) is 8.38. The van der Waals surface area contributed by atoms with Gasteiger partial charge in [-0.3, -0.25) is 14.2 Å². The number of fused-ring (bicyclic) bond motifs is 1. The Labute approximate surface area is 195 Å². The lowest BCUT2D eigenvalue weighted by Gasteiger charge is -2.13. The number of rotatable bonds is 8. The van der Waals surface area contributed by atoms with Crippen LogP contribution in [0.1, 0.15) is 34.6 Å². The van der Waals surface area contributed by atoms with Crippen molar-refractivity contribution in [2.24, 2.45) is 0 Å². The number of carbonyl (C=O) groups is 1. The highest BCUT2D eigenvalue weighted by molar-refractivity contribution is 7.20. The van der Waals surface area contributed by atoms with E-state index in [1.165, 1.54) is 17.7 Å². The van der Waals surface area contributed by atoms with Crippen molar-refractivity contribution in [1.82, 2.24) is 9.55 Å². The van der Waals surface area contributed by atoms with Gasteiger partial charge in [0, 0.05) is 11.8 Å². The average molecular weight is 464 g/mol. The molecule has 1 N–H and O–H groups in total. The van der Waals surface area contributed by atoms with Gasteiger partial charge in [0.25, 0.3) is 11.5 Å². The minimum atomic E-state index is -0.295. The highest BCUT2D eigenvalue weighted by Gasteiger charge is 2.20. The fourth-order valence-electron chi connectivity index (χ4n) is 3.59. The standard InChI is InChI=1S/C25H25N3O4S/c1-4-31-19-12-11-18(13-20(19)32-5-2)27-23(29)22-16(3)21-24(33-22)26-15-28(25(21)30)14-17-9-7-6-8-10-17/h6-13,15H,4-5,14H2,1-3H3,(H,27,29). The van der Waals surface area contributed by atoms with E-state index in [9.17, 15) is 9.59 Å². The van der Waals surface area contributed by atoms with Crippen LogP contribution < -0.4 is 20.3 Å². The van der Waals surface area contributed by atoms with Crippen LogP contribution in [0.3, 0.4) is 0 Å². The van der Waals surface area contributed by atoms with Crippen molar-refractivity contribution in [3.05, 3.63) is 81.2 Å². The highest BCUT2D eigenvalue weighted by atomic mass is 32.1. The predicted octanol–water partition coefficient (Wildman–Crippen LogP) is 4.86. The first-order valence-corrected chi connectivity index (χ1v) is 11.6. The maximum atomic E-state index is 13.1. The first-order valence-electron chi connectivity index (χ1n) is 10.7. The van der Waals surface area contributed by atoms with Crippen LogP contribution in [-0.2, 0) is 6.54 Å². The number of carbonyl (C=O) groups excluding carboxylic acids is 1. The Hall–Kier alpha value is -3.65. The molecule has 8 heteroatoms. The zero-order valence-electron chi connectivity index (χ0n) is 18.8. The molecule has 2 heterocycles. The molecular formula is C25H25N3O4S. The summed E-state index contributed by atoms with van der Waals surface area (Å²) in [6.45, 7) is 6.99. The number of nitrogens with zero attached hydrogens (tertiary/aromatic N) is 2. The van der Waals surface area contributed by atoms with Crippen LogP contribution >= 0.6 is 11.3 Å². The Balaban J connectivity index is 1.62. The topological polar surface area (TPSA) is 82.5 Å². The second kappa shape index (κ2) is 9.87. The van der Waals surface area contributed by atoms with Crippen molar-refractivity contribution < 1.29 is 14.3 Å². The summed E-state index contributed by atoms with van der Waals surface area (Å²) in [5, 5.41) is 3.38. The number of hydrogen-bond donors (Lipinski definition) is 1. The summed E-state index contributed by atoms with van der Waals surface area (Å²) in [7, 11) is 0. The summed E-state index contributed by atoms with van der Waals surface area (Å²) < 4.78 is 12.8. The van der Waals surface area contributed by atoms with E-state index in [-0.39, 0.29) is 11.5 Å². The molecule has 0 bridgehead atoms. The summed E-state index contributed by atoms with van der Waals surface area (Å²) in [4.78, 5) is 31.6. The van der Waals surface area contributed by atoms with Crippen molar-refractivity contribution in [3.63, 3.8) is 0 Å². The molecule has 0 saturated carbocycles. The summed E-state index contributed by atoms with van der Waals surface area (Å²) >= 11 is 1.21. The largest absolute Gasteiger partial charge is 0.490 e. The molecule has 0 atom stereocenters. The lowest BCUT2D eigenvalue weighted by molar-refractivity contribution is 0.103. The Morgan fingerprint density at radius 3 is 2.52 bits per heavy atom. The normalized spacial score (nSPS) is 10.9. The molecule has 0 aliphatic heterocycles. The van der Waals surface area contributed by atoms with Gasteiger partial charge in [0.2, 0.25) is 0 Å². The summed E-state index contributed by atoms with van der Waals surface area (Å²) in [6.07, 6.45) is 1.54. The SMILES string of the molecule is CCOc1ccc(NC(=O)c2sc3ncn(Cc4ccccc4)c(=O)c3c2C)cc1OCC. The molecule has 0 aliphatic carbocycles. The molecule has 0 spiro atoms. The molecule has 170 valence electrons. The second-order valence-electron chi connectivity index (χ2n) is 7.38. The van der Waals surface area contributed by atoms with Crippen molar-refractivity contribution in [2.45, 2.75) is 27.3 Å². The Morgan fingerprint density at radius 1 is 1.06 bits per heavy atom. The fourth-order valence-corrected chi connectivity index (χ4v) is 4.62. The Bertz CT molecular complexity index is 1350. The van der Waals surface area contributed by atoms with Gasteiger partial charge in [0.1, 0.15) is 4.83 Å². The van der Waals surface area contributed by atoms with Crippen LogP contribution in [0.2, 0.25) is 0 Å². The Kier molecular flexibility index (Phi) is 6.74. The van der Waals surface area contributed by atoms with E-state index >= 15 is 0 Å². The molecule has 33 heavy (non-hydrogen) atoms. The maximum Gasteiger partial charge on any atom is 0.266 e. The number of aromatic nitrogens is 2. The lowest BCUT2D eigenvalue weighted by Crippen LogP contribution is -2.21. The molecule has 4 aromatic rings. The number of thiophene rings is 1. The van der Waals surface area contributed by atoms with Crippen molar-refractivity contribution in [2.75, 3.05) is 18.5 Å². The first kappa shape index (κ1) is 22.5. The van der Waals surface area contributed by atoms with Crippen molar-refractivity contribution in [1.29, 1.82) is 0 Å². The van der Waals surface area contributed by atoms with Gasteiger partial charge < -0.3 is 14.8 Å².